The first-order valence-corrected chi connectivity index (χ1v) is 5.85. The Labute approximate surface area is 108 Å². The third-order valence-electron chi connectivity index (χ3n) is 3.55. The van der Waals surface area contributed by atoms with Gasteiger partial charge in [0.1, 0.15) is 11.5 Å². The molecule has 3 rings (SSSR count). The smallest absolute Gasteiger partial charge is 0.273 e. The number of nitrogens with zero attached hydrogens (tertiary/aromatic N) is 1. The quantitative estimate of drug-likeness (QED) is 0.518. The lowest BCUT2D eigenvalue weighted by Crippen LogP contribution is -2.10. The van der Waals surface area contributed by atoms with E-state index in [0.29, 0.717) is 24.0 Å². The zero-order valence-electron chi connectivity index (χ0n) is 9.96. The zero-order chi connectivity index (χ0) is 13.6. The Morgan fingerprint density at radius 2 is 1.68 bits per heavy atom. The molecule has 5 nitrogen and oxygen atoms in total. The molecule has 0 unspecified atom stereocenters. The summed E-state index contributed by atoms with van der Waals surface area (Å²) in [7, 11) is 0. The van der Waals surface area contributed by atoms with Crippen molar-refractivity contribution in [3.05, 3.63) is 62.7 Å². The van der Waals surface area contributed by atoms with Gasteiger partial charge in [0.25, 0.3) is 5.69 Å². The topological polar surface area (TPSA) is 83.6 Å². The van der Waals surface area contributed by atoms with Gasteiger partial charge in [-0.3, -0.25) is 10.1 Å². The van der Waals surface area contributed by atoms with Crippen LogP contribution in [0.1, 0.15) is 22.3 Å². The summed E-state index contributed by atoms with van der Waals surface area (Å²) in [6, 6.07) is 7.79. The zero-order valence-corrected chi connectivity index (χ0v) is 9.96. The van der Waals surface area contributed by atoms with Gasteiger partial charge in [0.05, 0.1) is 4.92 Å². The first-order valence-electron chi connectivity index (χ1n) is 5.85. The van der Waals surface area contributed by atoms with Crippen LogP contribution in [0.2, 0.25) is 0 Å². The van der Waals surface area contributed by atoms with Crippen LogP contribution in [-0.2, 0) is 12.8 Å². The molecular weight excluding hydrogens is 246 g/mol. The summed E-state index contributed by atoms with van der Waals surface area (Å²) in [5.74, 6) is 0.198. The molecule has 0 aromatic heterocycles. The van der Waals surface area contributed by atoms with Crippen LogP contribution in [0, 0.1) is 10.1 Å². The predicted molar refractivity (Wildman–Crippen MR) is 68.5 cm³/mol. The molecule has 0 atom stereocenters. The van der Waals surface area contributed by atoms with Crippen molar-refractivity contribution in [3.8, 4) is 11.5 Å². The van der Waals surface area contributed by atoms with Gasteiger partial charge >= 0.3 is 0 Å². The highest BCUT2D eigenvalue weighted by Gasteiger charge is 2.27. The van der Waals surface area contributed by atoms with Crippen LogP contribution in [0.15, 0.2) is 30.3 Å². The van der Waals surface area contributed by atoms with Gasteiger partial charge in [-0.15, -0.1) is 0 Å². The highest BCUT2D eigenvalue weighted by molar-refractivity contribution is 5.60. The van der Waals surface area contributed by atoms with Gasteiger partial charge in [-0.2, -0.15) is 0 Å². The molecule has 1 aliphatic carbocycles. The molecule has 2 aromatic carbocycles. The molecule has 2 N–H and O–H groups in total. The van der Waals surface area contributed by atoms with Crippen LogP contribution in [0.25, 0.3) is 0 Å². The molecule has 0 saturated heterocycles. The van der Waals surface area contributed by atoms with E-state index in [2.05, 4.69) is 0 Å². The van der Waals surface area contributed by atoms with E-state index in [1.807, 2.05) is 6.07 Å². The predicted octanol–water partition coefficient (Wildman–Crippen LogP) is 2.50. The van der Waals surface area contributed by atoms with E-state index >= 15 is 0 Å². The summed E-state index contributed by atoms with van der Waals surface area (Å²) in [5, 5.41) is 30.7. The normalized spacial score (nSPS) is 12.6. The highest BCUT2D eigenvalue weighted by Crippen LogP contribution is 2.40. The molecule has 0 aliphatic heterocycles. The third-order valence-corrected chi connectivity index (χ3v) is 3.55. The molecular formula is C14H11NO4. The number of phenols is 2. The molecule has 0 spiro atoms. The summed E-state index contributed by atoms with van der Waals surface area (Å²) in [6.07, 6.45) is 0.661. The standard InChI is InChI=1S/C14H11NO4/c16-13-3-1-2-8-6-10-11(7-9(8)13)14(17)5-4-12(10)15(18)19/h1-5,16-17H,6-7H2. The molecule has 96 valence electrons. The van der Waals surface area contributed by atoms with Crippen molar-refractivity contribution in [2.24, 2.45) is 0 Å². The molecule has 1 aliphatic rings. The fourth-order valence-electron chi connectivity index (χ4n) is 2.59. The Balaban J connectivity index is 2.21. The number of rotatable bonds is 1. The lowest BCUT2D eigenvalue weighted by molar-refractivity contribution is -0.385. The van der Waals surface area contributed by atoms with Gasteiger partial charge < -0.3 is 10.2 Å². The van der Waals surface area contributed by atoms with Crippen LogP contribution in [0.5, 0.6) is 11.5 Å². The fourth-order valence-corrected chi connectivity index (χ4v) is 2.59. The van der Waals surface area contributed by atoms with Crippen molar-refractivity contribution in [2.45, 2.75) is 12.8 Å². The molecule has 19 heavy (non-hydrogen) atoms. The van der Waals surface area contributed by atoms with Gasteiger partial charge in [-0.25, -0.2) is 0 Å². The SMILES string of the molecule is O=[N+]([O-])c1ccc(O)c2c1Cc1cccc(O)c1C2. The number of nitro groups is 1. The summed E-state index contributed by atoms with van der Waals surface area (Å²) in [4.78, 5) is 10.6. The molecule has 0 heterocycles. The van der Waals surface area contributed by atoms with Crippen molar-refractivity contribution < 1.29 is 15.1 Å². The van der Waals surface area contributed by atoms with Crippen LogP contribution in [-0.4, -0.2) is 15.1 Å². The molecule has 0 radical (unpaired) electrons. The second-order valence-corrected chi connectivity index (χ2v) is 4.59. The minimum absolute atomic E-state index is 0.0155. The van der Waals surface area contributed by atoms with E-state index < -0.39 is 4.92 Å². The van der Waals surface area contributed by atoms with E-state index in [0.717, 1.165) is 11.1 Å². The molecule has 2 aromatic rings. The number of hydrogen-bond acceptors (Lipinski definition) is 4. The minimum atomic E-state index is -0.438. The number of phenolic OH excluding ortho intramolecular Hbond substituents is 2. The Kier molecular flexibility index (Phi) is 2.41. The monoisotopic (exact) mass is 257 g/mol. The van der Waals surface area contributed by atoms with E-state index in [4.69, 9.17) is 0 Å². The number of benzene rings is 2. The van der Waals surface area contributed by atoms with Gasteiger partial charge in [0.2, 0.25) is 0 Å². The van der Waals surface area contributed by atoms with Crippen molar-refractivity contribution in [1.82, 2.24) is 0 Å². The van der Waals surface area contributed by atoms with Crippen LogP contribution in [0.4, 0.5) is 5.69 Å². The average molecular weight is 257 g/mol. The molecule has 0 bridgehead atoms. The second-order valence-electron chi connectivity index (χ2n) is 4.59. The second kappa shape index (κ2) is 3.98. The van der Waals surface area contributed by atoms with E-state index in [1.54, 1.807) is 12.1 Å². The molecule has 0 saturated carbocycles. The maximum Gasteiger partial charge on any atom is 0.273 e. The van der Waals surface area contributed by atoms with Crippen LogP contribution in [0.3, 0.4) is 0 Å². The van der Waals surface area contributed by atoms with Crippen molar-refractivity contribution in [3.63, 3.8) is 0 Å². The first kappa shape index (κ1) is 11.5. The number of aromatic hydroxyl groups is 2. The highest BCUT2D eigenvalue weighted by atomic mass is 16.6. The van der Waals surface area contributed by atoms with Gasteiger partial charge in [-0.1, -0.05) is 12.1 Å². The lowest BCUT2D eigenvalue weighted by atomic mass is 9.84. The molecule has 0 fully saturated rings. The number of fused-ring (bicyclic) bond motifs is 2. The average Bonchev–Trinajstić information content (AvgIpc) is 2.38. The number of nitro benzene ring substituents is 1. The number of hydrogen-bond donors (Lipinski definition) is 2. The minimum Gasteiger partial charge on any atom is -0.508 e. The molecule has 0 amide bonds. The maximum absolute atomic E-state index is 11.0. The van der Waals surface area contributed by atoms with E-state index in [9.17, 15) is 20.3 Å². The van der Waals surface area contributed by atoms with Crippen LogP contribution < -0.4 is 0 Å². The van der Waals surface area contributed by atoms with Crippen molar-refractivity contribution in [2.75, 3.05) is 0 Å². The van der Waals surface area contributed by atoms with Gasteiger partial charge in [-0.05, 0) is 17.7 Å². The Morgan fingerprint density at radius 3 is 2.42 bits per heavy atom. The maximum atomic E-state index is 11.0. The Morgan fingerprint density at radius 1 is 0.947 bits per heavy atom. The van der Waals surface area contributed by atoms with Crippen molar-refractivity contribution >= 4 is 5.69 Å². The van der Waals surface area contributed by atoms with Gasteiger partial charge in [0, 0.05) is 35.6 Å². The largest absolute Gasteiger partial charge is 0.508 e. The molecule has 5 heteroatoms. The summed E-state index contributed by atoms with van der Waals surface area (Å²) in [5.41, 5.74) is 2.67. The third kappa shape index (κ3) is 1.71. The van der Waals surface area contributed by atoms with Crippen molar-refractivity contribution in [1.29, 1.82) is 0 Å². The van der Waals surface area contributed by atoms with Gasteiger partial charge in [0.15, 0.2) is 0 Å². The summed E-state index contributed by atoms with van der Waals surface area (Å²) < 4.78 is 0. The Bertz CT molecular complexity index is 694. The lowest BCUT2D eigenvalue weighted by Gasteiger charge is -2.21. The van der Waals surface area contributed by atoms with Crippen LogP contribution >= 0.6 is 0 Å². The fraction of sp³-hybridized carbons (Fsp3) is 0.143. The Hall–Kier alpha value is -2.56. The summed E-state index contributed by atoms with van der Waals surface area (Å²) in [6.45, 7) is 0. The van der Waals surface area contributed by atoms with E-state index in [-0.39, 0.29) is 17.2 Å². The first-order chi connectivity index (χ1) is 9.08. The summed E-state index contributed by atoms with van der Waals surface area (Å²) >= 11 is 0. The van der Waals surface area contributed by atoms with E-state index in [1.165, 1.54) is 12.1 Å².